The summed E-state index contributed by atoms with van der Waals surface area (Å²) in [6, 6.07) is -0.163. The third-order valence-corrected chi connectivity index (χ3v) is 8.40. The van der Waals surface area contributed by atoms with Crippen molar-refractivity contribution in [2.45, 2.75) is 68.9 Å². The minimum absolute atomic E-state index is 0.163. The van der Waals surface area contributed by atoms with Crippen LogP contribution in [0.25, 0.3) is 0 Å². The molecule has 22 nitrogen and oxygen atoms in total. The summed E-state index contributed by atoms with van der Waals surface area (Å²) in [7, 11) is -20.3. The molecule has 5 unspecified atom stereocenters. The molecule has 1 saturated heterocycles. The standard InChI is InChI=1S/C19H34N2O20S4/c1-36-19-18(41-45(33,34)35)17(40-44(30,31)32)16(39-43(27,28)29)13(38-19)10-37-11-15(23)21(7-8-42(24,25)26)9-14(22)20-12-5-3-2-4-6-12/h12-13,16-19H,2-11H2,1H3,(H,20,22)(H,24,25,26)(H,27,28,29)(H,30,31,32)(H,33,34,35). The zero-order chi connectivity index (χ0) is 34.2. The zero-order valence-corrected chi connectivity index (χ0v) is 26.7. The maximum Gasteiger partial charge on any atom is 0.397 e. The van der Waals surface area contributed by atoms with Crippen molar-refractivity contribution in [3.8, 4) is 0 Å². The van der Waals surface area contributed by atoms with Crippen LogP contribution in [0.5, 0.6) is 0 Å². The van der Waals surface area contributed by atoms with Gasteiger partial charge in [0, 0.05) is 19.7 Å². The summed E-state index contributed by atoms with van der Waals surface area (Å²) in [5.74, 6) is -2.62. The number of hydrogen-bond donors (Lipinski definition) is 5. The summed E-state index contributed by atoms with van der Waals surface area (Å²) in [5, 5.41) is 2.72. The van der Waals surface area contributed by atoms with E-state index in [9.17, 15) is 52.4 Å². The van der Waals surface area contributed by atoms with E-state index in [2.05, 4.69) is 17.9 Å². The smallest absolute Gasteiger partial charge is 0.369 e. The Hall–Kier alpha value is -1.66. The van der Waals surface area contributed by atoms with Gasteiger partial charge < -0.3 is 24.4 Å². The second-order valence-electron chi connectivity index (χ2n) is 9.76. The molecule has 0 aromatic rings. The lowest BCUT2D eigenvalue weighted by Gasteiger charge is -2.42. The van der Waals surface area contributed by atoms with E-state index in [-0.39, 0.29) is 6.04 Å². The van der Waals surface area contributed by atoms with Crippen molar-refractivity contribution < 1.29 is 88.2 Å². The van der Waals surface area contributed by atoms with Crippen molar-refractivity contribution in [2.24, 2.45) is 0 Å². The molecule has 2 amide bonds. The summed E-state index contributed by atoms with van der Waals surface area (Å²) in [6.45, 7) is -3.24. The second-order valence-corrected chi connectivity index (χ2v) is 14.5. The molecular formula is C19H34N2O20S4. The van der Waals surface area contributed by atoms with Crippen LogP contribution >= 0.6 is 0 Å². The molecule has 0 spiro atoms. The van der Waals surface area contributed by atoms with E-state index in [0.29, 0.717) is 12.8 Å². The molecule has 0 bridgehead atoms. The molecule has 26 heteroatoms. The first-order valence-electron chi connectivity index (χ1n) is 12.8. The Labute approximate surface area is 259 Å². The van der Waals surface area contributed by atoms with Crippen molar-refractivity contribution in [1.29, 1.82) is 0 Å². The Bertz CT molecular complexity index is 1440. The quantitative estimate of drug-likeness (QED) is 0.0935. The Morgan fingerprint density at radius 1 is 0.822 bits per heavy atom. The summed E-state index contributed by atoms with van der Waals surface area (Å²) < 4.78 is 156. The molecule has 1 heterocycles. The van der Waals surface area contributed by atoms with Gasteiger partial charge >= 0.3 is 31.2 Å². The molecule has 5 N–H and O–H groups in total. The Morgan fingerprint density at radius 3 is 1.87 bits per heavy atom. The average molecular weight is 739 g/mol. The van der Waals surface area contributed by atoms with E-state index in [4.69, 9.17) is 23.3 Å². The van der Waals surface area contributed by atoms with Crippen LogP contribution < -0.4 is 5.32 Å². The number of ether oxygens (including phenoxy) is 3. The van der Waals surface area contributed by atoms with Crippen LogP contribution in [0.3, 0.4) is 0 Å². The number of amides is 2. The summed E-state index contributed by atoms with van der Waals surface area (Å²) in [4.78, 5) is 26.2. The van der Waals surface area contributed by atoms with Gasteiger partial charge in [0.2, 0.25) is 11.8 Å². The van der Waals surface area contributed by atoms with Crippen LogP contribution in [0.2, 0.25) is 0 Å². The molecule has 1 saturated carbocycles. The van der Waals surface area contributed by atoms with Crippen LogP contribution in [0.15, 0.2) is 0 Å². The lowest BCUT2D eigenvalue weighted by atomic mass is 9.95. The number of rotatable bonds is 17. The highest BCUT2D eigenvalue weighted by Crippen LogP contribution is 2.31. The van der Waals surface area contributed by atoms with E-state index in [1.54, 1.807) is 0 Å². The Morgan fingerprint density at radius 2 is 1.36 bits per heavy atom. The fourth-order valence-electron chi connectivity index (χ4n) is 4.52. The maximum absolute atomic E-state index is 12.9. The Kier molecular flexibility index (Phi) is 14.4. The molecule has 2 rings (SSSR count). The van der Waals surface area contributed by atoms with E-state index in [1.165, 1.54) is 0 Å². The van der Waals surface area contributed by atoms with Crippen LogP contribution in [0.4, 0.5) is 0 Å². The monoisotopic (exact) mass is 738 g/mol. The van der Waals surface area contributed by atoms with E-state index in [0.717, 1.165) is 31.3 Å². The molecule has 0 radical (unpaired) electrons. The fourth-order valence-corrected chi connectivity index (χ4v) is 6.46. The van der Waals surface area contributed by atoms with Crippen LogP contribution in [-0.4, -0.2) is 145 Å². The first-order valence-corrected chi connectivity index (χ1v) is 18.5. The molecule has 2 aliphatic rings. The van der Waals surface area contributed by atoms with E-state index < -0.39 is 116 Å². The normalized spacial score (nSPS) is 25.5. The molecule has 1 aliphatic carbocycles. The van der Waals surface area contributed by atoms with Crippen molar-refractivity contribution in [3.63, 3.8) is 0 Å². The molecule has 45 heavy (non-hydrogen) atoms. The highest BCUT2D eigenvalue weighted by molar-refractivity contribution is 7.85. The van der Waals surface area contributed by atoms with E-state index >= 15 is 0 Å². The first kappa shape index (κ1) is 39.5. The number of hydrogen-bond acceptors (Lipinski definition) is 16. The predicted molar refractivity (Wildman–Crippen MR) is 144 cm³/mol. The van der Waals surface area contributed by atoms with E-state index in [1.807, 2.05) is 0 Å². The number of methoxy groups -OCH3 is 1. The lowest BCUT2D eigenvalue weighted by Crippen LogP contribution is -2.62. The molecule has 1 aliphatic heterocycles. The number of carbonyl (C=O) groups excluding carboxylic acids is 2. The van der Waals surface area contributed by atoms with Crippen molar-refractivity contribution in [2.75, 3.05) is 39.2 Å². The third kappa shape index (κ3) is 15.2. The highest BCUT2D eigenvalue weighted by Gasteiger charge is 2.53. The topological polar surface area (TPSA) is 322 Å². The van der Waals surface area contributed by atoms with Crippen LogP contribution in [0, 0.1) is 0 Å². The number of nitrogens with zero attached hydrogens (tertiary/aromatic N) is 1. The van der Waals surface area contributed by atoms with Gasteiger partial charge in [-0.25, -0.2) is 12.5 Å². The summed E-state index contributed by atoms with van der Waals surface area (Å²) >= 11 is 0. The van der Waals surface area contributed by atoms with Gasteiger partial charge in [0.25, 0.3) is 10.1 Å². The van der Waals surface area contributed by atoms with Crippen molar-refractivity contribution >= 4 is 53.1 Å². The van der Waals surface area contributed by atoms with Gasteiger partial charge in [-0.2, -0.15) is 33.7 Å². The highest BCUT2D eigenvalue weighted by atomic mass is 32.3. The SMILES string of the molecule is COC1OC(COCC(=O)N(CCS(=O)(=O)O)CC(=O)NC2CCCCC2)C(OS(=O)(=O)O)C(OS(=O)(=O)O)C1OS(=O)(=O)O. The minimum Gasteiger partial charge on any atom is -0.369 e. The van der Waals surface area contributed by atoms with Gasteiger partial charge in [0.1, 0.15) is 24.9 Å². The molecule has 0 aromatic carbocycles. The molecular weight excluding hydrogens is 704 g/mol. The summed E-state index contributed by atoms with van der Waals surface area (Å²) in [5.41, 5.74) is 0. The summed E-state index contributed by atoms with van der Waals surface area (Å²) in [6.07, 6.45) is -7.23. The first-order chi connectivity index (χ1) is 20.6. The van der Waals surface area contributed by atoms with Gasteiger partial charge in [-0.1, -0.05) is 19.3 Å². The van der Waals surface area contributed by atoms with Gasteiger partial charge in [0.05, 0.1) is 18.9 Å². The Balaban J connectivity index is 2.25. The van der Waals surface area contributed by atoms with Crippen molar-refractivity contribution in [3.05, 3.63) is 0 Å². The van der Waals surface area contributed by atoms with Crippen molar-refractivity contribution in [1.82, 2.24) is 10.2 Å². The fraction of sp³-hybridized carbons (Fsp3) is 0.895. The number of nitrogens with one attached hydrogen (secondary N) is 1. The zero-order valence-electron chi connectivity index (χ0n) is 23.4. The molecule has 0 aromatic heterocycles. The van der Waals surface area contributed by atoms with Gasteiger partial charge in [-0.05, 0) is 12.8 Å². The van der Waals surface area contributed by atoms with Crippen LogP contribution in [0.1, 0.15) is 32.1 Å². The number of carbonyl (C=O) groups is 2. The second kappa shape index (κ2) is 16.4. The maximum atomic E-state index is 12.9. The van der Waals surface area contributed by atoms with Gasteiger partial charge in [-0.15, -0.1) is 0 Å². The van der Waals surface area contributed by atoms with Gasteiger partial charge in [-0.3, -0.25) is 27.8 Å². The third-order valence-electron chi connectivity index (χ3n) is 6.31. The molecule has 5 atom stereocenters. The average Bonchev–Trinajstić information content (AvgIpc) is 2.87. The van der Waals surface area contributed by atoms with Crippen LogP contribution in [-0.2, 0) is 77.7 Å². The van der Waals surface area contributed by atoms with Gasteiger partial charge in [0.15, 0.2) is 12.4 Å². The lowest BCUT2D eigenvalue weighted by molar-refractivity contribution is -0.282. The minimum atomic E-state index is -5.57. The molecule has 2 fully saturated rings. The molecule has 264 valence electrons. The largest absolute Gasteiger partial charge is 0.397 e. The predicted octanol–water partition coefficient (Wildman–Crippen LogP) is -2.90.